The van der Waals surface area contributed by atoms with Crippen LogP contribution in [0.3, 0.4) is 0 Å². The number of nitrogen functional groups attached to an aromatic ring is 1. The Morgan fingerprint density at radius 3 is 2.71 bits per heavy atom. The van der Waals surface area contributed by atoms with E-state index in [1.165, 1.54) is 12.8 Å². The van der Waals surface area contributed by atoms with E-state index in [2.05, 4.69) is 16.8 Å². The maximum Gasteiger partial charge on any atom is 0.139 e. The van der Waals surface area contributed by atoms with E-state index in [9.17, 15) is 0 Å². The highest BCUT2D eigenvalue weighted by atomic mass is 15.2. The fourth-order valence-corrected chi connectivity index (χ4v) is 2.11. The van der Waals surface area contributed by atoms with E-state index in [1.807, 2.05) is 26.1 Å². The second-order valence-electron chi connectivity index (χ2n) is 4.93. The van der Waals surface area contributed by atoms with E-state index in [4.69, 9.17) is 11.1 Å². The molecule has 3 N–H and O–H groups in total. The Morgan fingerprint density at radius 2 is 2.18 bits per heavy atom. The Hall–Kier alpha value is -1.58. The summed E-state index contributed by atoms with van der Waals surface area (Å²) in [7, 11) is 2.04. The number of hydrogen-bond acceptors (Lipinski definition) is 3. The molecule has 0 amide bonds. The molecule has 1 unspecified atom stereocenters. The van der Waals surface area contributed by atoms with Crippen molar-refractivity contribution in [3.05, 3.63) is 23.4 Å². The van der Waals surface area contributed by atoms with Crippen molar-refractivity contribution in [1.29, 1.82) is 5.41 Å². The summed E-state index contributed by atoms with van der Waals surface area (Å²) in [6, 6.07) is 4.24. The van der Waals surface area contributed by atoms with Gasteiger partial charge in [-0.1, -0.05) is 0 Å². The van der Waals surface area contributed by atoms with Crippen LogP contribution in [0.15, 0.2) is 12.1 Å². The van der Waals surface area contributed by atoms with Crippen molar-refractivity contribution < 1.29 is 0 Å². The van der Waals surface area contributed by atoms with Gasteiger partial charge in [0.25, 0.3) is 0 Å². The lowest BCUT2D eigenvalue weighted by Crippen LogP contribution is -2.33. The zero-order valence-electron chi connectivity index (χ0n) is 10.7. The molecule has 1 fully saturated rings. The van der Waals surface area contributed by atoms with E-state index < -0.39 is 0 Å². The number of hydrogen-bond donors (Lipinski definition) is 2. The molecule has 0 bridgehead atoms. The zero-order valence-corrected chi connectivity index (χ0v) is 10.7. The second-order valence-corrected chi connectivity index (χ2v) is 4.93. The Bertz CT molecular complexity index is 437. The predicted molar refractivity (Wildman–Crippen MR) is 70.6 cm³/mol. The monoisotopic (exact) mass is 232 g/mol. The van der Waals surface area contributed by atoms with Gasteiger partial charge in [-0.25, -0.2) is 4.98 Å². The first-order valence-corrected chi connectivity index (χ1v) is 6.05. The number of nitrogens with one attached hydrogen (secondary N) is 1. The first kappa shape index (κ1) is 11.9. The molecule has 1 atom stereocenters. The molecule has 0 radical (unpaired) electrons. The van der Waals surface area contributed by atoms with Crippen LogP contribution in [0.2, 0.25) is 0 Å². The Morgan fingerprint density at radius 1 is 1.53 bits per heavy atom. The van der Waals surface area contributed by atoms with Crippen LogP contribution in [-0.2, 0) is 0 Å². The Balaban J connectivity index is 2.34. The lowest BCUT2D eigenvalue weighted by molar-refractivity contribution is 0.603. The Labute approximate surface area is 102 Å². The largest absolute Gasteiger partial charge is 0.384 e. The van der Waals surface area contributed by atoms with E-state index in [0.29, 0.717) is 6.04 Å². The maximum absolute atomic E-state index is 7.62. The molecule has 1 heterocycles. The molecule has 0 aliphatic heterocycles. The second kappa shape index (κ2) is 4.35. The summed E-state index contributed by atoms with van der Waals surface area (Å²) in [6.45, 7) is 4.18. The minimum Gasteiger partial charge on any atom is -0.384 e. The van der Waals surface area contributed by atoms with Gasteiger partial charge in [-0.05, 0) is 44.7 Å². The fourth-order valence-electron chi connectivity index (χ4n) is 2.11. The fraction of sp³-hybridized carbons (Fsp3) is 0.538. The summed E-state index contributed by atoms with van der Waals surface area (Å²) >= 11 is 0. The third-order valence-corrected chi connectivity index (χ3v) is 3.55. The lowest BCUT2D eigenvalue weighted by atomic mass is 10.1. The van der Waals surface area contributed by atoms with Gasteiger partial charge in [0, 0.05) is 18.8 Å². The zero-order chi connectivity index (χ0) is 12.6. The predicted octanol–water partition coefficient (Wildman–Crippen LogP) is 1.91. The molecule has 2 rings (SSSR count). The Kier molecular flexibility index (Phi) is 3.05. The number of aromatic nitrogens is 1. The van der Waals surface area contributed by atoms with Crippen LogP contribution in [0.5, 0.6) is 0 Å². The summed E-state index contributed by atoms with van der Waals surface area (Å²) in [5.41, 5.74) is 7.30. The van der Waals surface area contributed by atoms with Crippen molar-refractivity contribution in [2.24, 2.45) is 11.7 Å². The smallest absolute Gasteiger partial charge is 0.139 e. The van der Waals surface area contributed by atoms with Gasteiger partial charge in [0.2, 0.25) is 0 Å². The molecule has 1 aromatic rings. The van der Waals surface area contributed by atoms with E-state index in [1.54, 1.807) is 0 Å². The van der Waals surface area contributed by atoms with Crippen molar-refractivity contribution in [3.8, 4) is 0 Å². The lowest BCUT2D eigenvalue weighted by Gasteiger charge is -2.28. The van der Waals surface area contributed by atoms with Gasteiger partial charge in [-0.3, -0.25) is 5.41 Å². The van der Waals surface area contributed by atoms with Crippen LogP contribution in [0.1, 0.15) is 31.0 Å². The first-order valence-electron chi connectivity index (χ1n) is 6.05. The number of pyridine rings is 1. The van der Waals surface area contributed by atoms with Crippen molar-refractivity contribution in [1.82, 2.24) is 4.98 Å². The van der Waals surface area contributed by atoms with Crippen LogP contribution in [0, 0.1) is 18.3 Å². The van der Waals surface area contributed by atoms with Gasteiger partial charge in [0.05, 0.1) is 5.56 Å². The highest BCUT2D eigenvalue weighted by molar-refractivity contribution is 5.99. The van der Waals surface area contributed by atoms with E-state index in [0.717, 1.165) is 23.0 Å². The minimum atomic E-state index is 0.0855. The summed E-state index contributed by atoms with van der Waals surface area (Å²) in [4.78, 5) is 6.68. The molecule has 1 aliphatic rings. The number of amidine groups is 1. The molecule has 1 saturated carbocycles. The summed E-state index contributed by atoms with van der Waals surface area (Å²) < 4.78 is 0. The molecule has 0 aromatic carbocycles. The molecular formula is C13H20N4. The molecule has 0 spiro atoms. The van der Waals surface area contributed by atoms with Crippen molar-refractivity contribution in [2.45, 2.75) is 32.7 Å². The molecule has 1 aliphatic carbocycles. The van der Waals surface area contributed by atoms with Crippen LogP contribution < -0.4 is 10.6 Å². The molecule has 4 heteroatoms. The number of rotatable bonds is 4. The molecule has 92 valence electrons. The third-order valence-electron chi connectivity index (χ3n) is 3.55. The van der Waals surface area contributed by atoms with Crippen molar-refractivity contribution >= 4 is 11.7 Å². The summed E-state index contributed by atoms with van der Waals surface area (Å²) in [5.74, 6) is 1.68. The highest BCUT2D eigenvalue weighted by Crippen LogP contribution is 2.36. The molecule has 1 aromatic heterocycles. The van der Waals surface area contributed by atoms with Gasteiger partial charge in [-0.2, -0.15) is 0 Å². The standard InChI is InChI=1S/C13H20N4/c1-8-4-7-11(12(14)15)13(16-8)17(3)9(2)10-5-6-10/h4,7,9-10H,5-6H2,1-3H3,(H3,14,15). The van der Waals surface area contributed by atoms with Gasteiger partial charge >= 0.3 is 0 Å². The normalized spacial score (nSPS) is 16.6. The topological polar surface area (TPSA) is 66.0 Å². The number of nitrogens with zero attached hydrogens (tertiary/aromatic N) is 2. The number of anilines is 1. The maximum atomic E-state index is 7.62. The van der Waals surface area contributed by atoms with Gasteiger partial charge in [-0.15, -0.1) is 0 Å². The summed E-state index contributed by atoms with van der Waals surface area (Å²) in [6.07, 6.45) is 2.60. The summed E-state index contributed by atoms with van der Waals surface area (Å²) in [5, 5.41) is 7.62. The average Bonchev–Trinajstić information content (AvgIpc) is 3.10. The van der Waals surface area contributed by atoms with Gasteiger partial charge in [0.1, 0.15) is 11.7 Å². The minimum absolute atomic E-state index is 0.0855. The number of nitrogens with two attached hydrogens (primary N) is 1. The molecule has 17 heavy (non-hydrogen) atoms. The molecular weight excluding hydrogens is 212 g/mol. The van der Waals surface area contributed by atoms with E-state index in [-0.39, 0.29) is 5.84 Å². The highest BCUT2D eigenvalue weighted by Gasteiger charge is 2.31. The van der Waals surface area contributed by atoms with Gasteiger partial charge < -0.3 is 10.6 Å². The average molecular weight is 232 g/mol. The third kappa shape index (κ3) is 2.40. The van der Waals surface area contributed by atoms with Gasteiger partial charge in [0.15, 0.2) is 0 Å². The SMILES string of the molecule is Cc1ccc(C(=N)N)c(N(C)C(C)C2CC2)n1. The van der Waals surface area contributed by atoms with Crippen LogP contribution in [-0.4, -0.2) is 23.9 Å². The number of aryl methyl sites for hydroxylation is 1. The van der Waals surface area contributed by atoms with Crippen LogP contribution in [0.4, 0.5) is 5.82 Å². The van der Waals surface area contributed by atoms with Crippen LogP contribution in [0.25, 0.3) is 0 Å². The molecule has 4 nitrogen and oxygen atoms in total. The van der Waals surface area contributed by atoms with Crippen LogP contribution >= 0.6 is 0 Å². The van der Waals surface area contributed by atoms with Crippen molar-refractivity contribution in [3.63, 3.8) is 0 Å². The van der Waals surface area contributed by atoms with E-state index >= 15 is 0 Å². The first-order chi connectivity index (χ1) is 8.00. The molecule has 0 saturated heterocycles. The quantitative estimate of drug-likeness (QED) is 0.615. The van der Waals surface area contributed by atoms with Crippen molar-refractivity contribution in [2.75, 3.05) is 11.9 Å².